The van der Waals surface area contributed by atoms with Gasteiger partial charge < -0.3 is 5.32 Å². The fourth-order valence-corrected chi connectivity index (χ4v) is 2.67. The molecule has 0 bridgehead atoms. The van der Waals surface area contributed by atoms with E-state index in [-0.39, 0.29) is 0 Å². The monoisotopic (exact) mass is 262 g/mol. The molecule has 19 heavy (non-hydrogen) atoms. The molecule has 0 radical (unpaired) electrons. The normalized spacial score (nSPS) is 13.4. The molecule has 1 rings (SSSR count). The number of benzene rings is 1. The lowest BCUT2D eigenvalue weighted by Gasteiger charge is -2.33. The van der Waals surface area contributed by atoms with E-state index in [0.29, 0.717) is 18.1 Å². The SMILES string of the molecule is Cc1cccc(C)c1NC(C)CN(C(C)C)C(C)C. The van der Waals surface area contributed by atoms with Crippen molar-refractivity contribution >= 4 is 5.69 Å². The average Bonchev–Trinajstić information content (AvgIpc) is 2.30. The van der Waals surface area contributed by atoms with Gasteiger partial charge in [-0.2, -0.15) is 0 Å². The zero-order valence-corrected chi connectivity index (χ0v) is 13.6. The lowest BCUT2D eigenvalue weighted by molar-refractivity contribution is 0.170. The second-order valence-electron chi connectivity index (χ2n) is 6.20. The number of para-hydroxylation sites is 1. The Morgan fingerprint density at radius 1 is 0.947 bits per heavy atom. The lowest BCUT2D eigenvalue weighted by atomic mass is 10.1. The Morgan fingerprint density at radius 2 is 1.42 bits per heavy atom. The molecular weight excluding hydrogens is 232 g/mol. The third-order valence-corrected chi connectivity index (χ3v) is 3.68. The Balaban J connectivity index is 2.72. The minimum atomic E-state index is 0.449. The van der Waals surface area contributed by atoms with Gasteiger partial charge in [-0.3, -0.25) is 4.90 Å². The van der Waals surface area contributed by atoms with Crippen molar-refractivity contribution < 1.29 is 0 Å². The number of hydrogen-bond acceptors (Lipinski definition) is 2. The van der Waals surface area contributed by atoms with Crippen LogP contribution in [-0.2, 0) is 0 Å². The third kappa shape index (κ3) is 4.54. The van der Waals surface area contributed by atoms with E-state index >= 15 is 0 Å². The number of aryl methyl sites for hydroxylation is 2. The highest BCUT2D eigenvalue weighted by Crippen LogP contribution is 2.20. The largest absolute Gasteiger partial charge is 0.381 e. The number of nitrogens with one attached hydrogen (secondary N) is 1. The van der Waals surface area contributed by atoms with Crippen LogP contribution < -0.4 is 5.32 Å². The maximum absolute atomic E-state index is 3.68. The van der Waals surface area contributed by atoms with Crippen molar-refractivity contribution in [2.45, 2.75) is 66.6 Å². The van der Waals surface area contributed by atoms with Gasteiger partial charge in [-0.05, 0) is 59.6 Å². The standard InChI is InChI=1S/C17H30N2/c1-12(2)19(13(3)4)11-16(7)18-17-14(5)9-8-10-15(17)6/h8-10,12-13,16,18H,11H2,1-7H3. The van der Waals surface area contributed by atoms with Crippen molar-refractivity contribution in [2.75, 3.05) is 11.9 Å². The van der Waals surface area contributed by atoms with Crippen LogP contribution in [0.15, 0.2) is 18.2 Å². The highest BCUT2D eigenvalue weighted by atomic mass is 15.2. The van der Waals surface area contributed by atoms with Gasteiger partial charge in [0.15, 0.2) is 0 Å². The summed E-state index contributed by atoms with van der Waals surface area (Å²) in [5.41, 5.74) is 3.95. The number of nitrogens with zero attached hydrogens (tertiary/aromatic N) is 1. The van der Waals surface area contributed by atoms with Crippen molar-refractivity contribution in [3.05, 3.63) is 29.3 Å². The molecule has 2 nitrogen and oxygen atoms in total. The van der Waals surface area contributed by atoms with E-state index in [0.717, 1.165) is 6.54 Å². The van der Waals surface area contributed by atoms with Gasteiger partial charge in [0.1, 0.15) is 0 Å². The van der Waals surface area contributed by atoms with Gasteiger partial charge in [-0.25, -0.2) is 0 Å². The summed E-state index contributed by atoms with van der Waals surface area (Å²) in [7, 11) is 0. The summed E-state index contributed by atoms with van der Waals surface area (Å²) in [5.74, 6) is 0. The third-order valence-electron chi connectivity index (χ3n) is 3.68. The summed E-state index contributed by atoms with van der Waals surface area (Å²) in [6, 6.07) is 8.08. The zero-order chi connectivity index (χ0) is 14.6. The second-order valence-corrected chi connectivity index (χ2v) is 6.20. The van der Waals surface area contributed by atoms with E-state index in [9.17, 15) is 0 Å². The summed E-state index contributed by atoms with van der Waals surface area (Å²) in [5, 5.41) is 3.68. The fraction of sp³-hybridized carbons (Fsp3) is 0.647. The molecule has 1 aromatic rings. The van der Waals surface area contributed by atoms with E-state index in [1.165, 1.54) is 16.8 Å². The smallest absolute Gasteiger partial charge is 0.0402 e. The highest BCUT2D eigenvalue weighted by Gasteiger charge is 2.17. The summed E-state index contributed by atoms with van der Waals surface area (Å²) in [6.07, 6.45) is 0. The van der Waals surface area contributed by atoms with Gasteiger partial charge in [-0.1, -0.05) is 18.2 Å². The molecule has 0 amide bonds. The van der Waals surface area contributed by atoms with E-state index in [4.69, 9.17) is 0 Å². The van der Waals surface area contributed by atoms with Crippen LogP contribution in [0.3, 0.4) is 0 Å². The van der Waals surface area contributed by atoms with Crippen LogP contribution in [0.25, 0.3) is 0 Å². The minimum absolute atomic E-state index is 0.449. The molecular formula is C17H30N2. The van der Waals surface area contributed by atoms with E-state index < -0.39 is 0 Å². The van der Waals surface area contributed by atoms with E-state index in [2.05, 4.69) is 76.9 Å². The van der Waals surface area contributed by atoms with Gasteiger partial charge in [0.25, 0.3) is 0 Å². The highest BCUT2D eigenvalue weighted by molar-refractivity contribution is 5.57. The average molecular weight is 262 g/mol. The molecule has 1 atom stereocenters. The molecule has 108 valence electrons. The molecule has 0 saturated carbocycles. The number of anilines is 1. The van der Waals surface area contributed by atoms with E-state index in [1.807, 2.05) is 0 Å². The van der Waals surface area contributed by atoms with Crippen LogP contribution in [0.4, 0.5) is 5.69 Å². The Bertz CT molecular complexity index is 368. The van der Waals surface area contributed by atoms with Crippen molar-refractivity contribution in [1.29, 1.82) is 0 Å². The van der Waals surface area contributed by atoms with Gasteiger partial charge in [0, 0.05) is 30.4 Å². The van der Waals surface area contributed by atoms with Gasteiger partial charge >= 0.3 is 0 Å². The first-order valence-electron chi connectivity index (χ1n) is 7.41. The van der Waals surface area contributed by atoms with Crippen LogP contribution in [0.2, 0.25) is 0 Å². The van der Waals surface area contributed by atoms with Crippen molar-refractivity contribution in [2.24, 2.45) is 0 Å². The summed E-state index contributed by atoms with van der Waals surface area (Å²) >= 11 is 0. The molecule has 2 heteroatoms. The van der Waals surface area contributed by atoms with Crippen LogP contribution in [0, 0.1) is 13.8 Å². The van der Waals surface area contributed by atoms with Crippen LogP contribution in [0.1, 0.15) is 45.7 Å². The summed E-state index contributed by atoms with van der Waals surface area (Å²) in [4.78, 5) is 2.53. The van der Waals surface area contributed by atoms with Crippen LogP contribution in [-0.4, -0.2) is 29.6 Å². The van der Waals surface area contributed by atoms with Gasteiger partial charge in [0.05, 0.1) is 0 Å². The minimum Gasteiger partial charge on any atom is -0.381 e. The molecule has 0 heterocycles. The van der Waals surface area contributed by atoms with Crippen molar-refractivity contribution in [1.82, 2.24) is 4.90 Å². The Hall–Kier alpha value is -1.02. The lowest BCUT2D eigenvalue weighted by Crippen LogP contribution is -2.43. The molecule has 0 aromatic heterocycles. The first kappa shape index (κ1) is 16.0. The van der Waals surface area contributed by atoms with Crippen molar-refractivity contribution in [3.8, 4) is 0 Å². The predicted octanol–water partition coefficient (Wildman–Crippen LogP) is 4.22. The summed E-state index contributed by atoms with van der Waals surface area (Å²) < 4.78 is 0. The molecule has 0 spiro atoms. The predicted molar refractivity (Wildman–Crippen MR) is 86.0 cm³/mol. The maximum atomic E-state index is 3.68. The van der Waals surface area contributed by atoms with Gasteiger partial charge in [-0.15, -0.1) is 0 Å². The molecule has 1 N–H and O–H groups in total. The Labute approximate surface area is 119 Å². The first-order valence-corrected chi connectivity index (χ1v) is 7.41. The number of rotatable bonds is 6. The van der Waals surface area contributed by atoms with Crippen molar-refractivity contribution in [3.63, 3.8) is 0 Å². The molecule has 0 aliphatic carbocycles. The molecule has 0 saturated heterocycles. The zero-order valence-electron chi connectivity index (χ0n) is 13.6. The molecule has 0 fully saturated rings. The van der Waals surface area contributed by atoms with Crippen LogP contribution in [0.5, 0.6) is 0 Å². The van der Waals surface area contributed by atoms with Gasteiger partial charge in [0.2, 0.25) is 0 Å². The Kier molecular flexibility index (Phi) is 5.86. The second kappa shape index (κ2) is 6.95. The molecule has 1 unspecified atom stereocenters. The van der Waals surface area contributed by atoms with E-state index in [1.54, 1.807) is 0 Å². The molecule has 0 aliphatic heterocycles. The molecule has 1 aromatic carbocycles. The Morgan fingerprint density at radius 3 is 1.84 bits per heavy atom. The maximum Gasteiger partial charge on any atom is 0.0402 e. The summed E-state index contributed by atoms with van der Waals surface area (Å²) in [6.45, 7) is 16.8. The first-order chi connectivity index (χ1) is 8.82. The fourth-order valence-electron chi connectivity index (χ4n) is 2.67. The van der Waals surface area contributed by atoms with Crippen LogP contribution >= 0.6 is 0 Å². The quantitative estimate of drug-likeness (QED) is 0.825. The number of hydrogen-bond donors (Lipinski definition) is 1. The molecule has 0 aliphatic rings. The topological polar surface area (TPSA) is 15.3 Å².